The van der Waals surface area contributed by atoms with Gasteiger partial charge in [0.25, 0.3) is 0 Å². The zero-order chi connectivity index (χ0) is 39.8. The van der Waals surface area contributed by atoms with E-state index < -0.39 is 0 Å². The minimum absolute atomic E-state index is 0.894. The highest BCUT2D eigenvalue weighted by Crippen LogP contribution is 2.48. The summed E-state index contributed by atoms with van der Waals surface area (Å²) in [6.45, 7) is 0. The number of furan rings is 1. The Balaban J connectivity index is 1.13. The van der Waals surface area contributed by atoms with Crippen molar-refractivity contribution < 1.29 is 4.42 Å². The fraction of sp³-hybridized carbons (Fsp3) is 0. The van der Waals surface area contributed by atoms with Crippen LogP contribution in [0.4, 0.5) is 17.1 Å². The molecule has 282 valence electrons. The minimum atomic E-state index is 0.894. The van der Waals surface area contributed by atoms with Gasteiger partial charge in [-0.15, -0.1) is 0 Å². The topological polar surface area (TPSA) is 16.4 Å². The first-order valence-electron chi connectivity index (χ1n) is 20.5. The Labute approximate surface area is 349 Å². The Hall–Kier alpha value is -7.94. The maximum atomic E-state index is 6.29. The molecule has 0 fully saturated rings. The van der Waals surface area contributed by atoms with Gasteiger partial charge in [-0.1, -0.05) is 194 Å². The van der Waals surface area contributed by atoms with Crippen LogP contribution in [0.5, 0.6) is 0 Å². The van der Waals surface area contributed by atoms with E-state index in [1.165, 1.54) is 55.3 Å². The maximum absolute atomic E-state index is 6.29. The van der Waals surface area contributed by atoms with Crippen molar-refractivity contribution in [3.63, 3.8) is 0 Å². The SMILES string of the molecule is c1ccc(-c2ccccc2-c2c(-c3ccccc3)cccc2N(c2ccc(-c3cccc4ccccc34)cc2)c2ccc(-c3cccc4oc5ccccc5c34)cc2)cc1. The molecule has 1 heterocycles. The summed E-state index contributed by atoms with van der Waals surface area (Å²) in [5.74, 6) is 0. The van der Waals surface area contributed by atoms with Crippen LogP contribution in [-0.4, -0.2) is 0 Å². The number of rotatable bonds is 8. The van der Waals surface area contributed by atoms with E-state index >= 15 is 0 Å². The number of benzene rings is 10. The fourth-order valence-electron chi connectivity index (χ4n) is 8.94. The molecule has 0 aliphatic carbocycles. The lowest BCUT2D eigenvalue weighted by molar-refractivity contribution is 0.669. The molecule has 0 saturated heterocycles. The number of anilines is 3. The van der Waals surface area contributed by atoms with Crippen LogP contribution in [0.3, 0.4) is 0 Å². The standard InChI is InChI=1S/C58H39NO/c1-3-16-40(17-4-1)49-23-9-10-24-52(49)57-50(42-18-5-2-6-19-42)27-14-29-54(57)59(45-36-32-43(33-37-45)48-26-13-21-41-20-7-8-22-47(41)48)46-38-34-44(35-39-46)51-28-15-31-56-58(51)53-25-11-12-30-55(53)60-56/h1-39H. The molecule has 0 saturated carbocycles. The van der Waals surface area contributed by atoms with Gasteiger partial charge in [-0.3, -0.25) is 0 Å². The van der Waals surface area contributed by atoms with Gasteiger partial charge in [-0.05, 0) is 103 Å². The van der Waals surface area contributed by atoms with E-state index in [0.717, 1.165) is 50.1 Å². The number of hydrogen-bond donors (Lipinski definition) is 0. The van der Waals surface area contributed by atoms with Gasteiger partial charge in [0.2, 0.25) is 0 Å². The van der Waals surface area contributed by atoms with Gasteiger partial charge in [0.1, 0.15) is 11.2 Å². The lowest BCUT2D eigenvalue weighted by Gasteiger charge is -2.30. The number of fused-ring (bicyclic) bond motifs is 4. The molecule has 2 nitrogen and oxygen atoms in total. The molecule has 10 aromatic carbocycles. The van der Waals surface area contributed by atoms with Crippen LogP contribution < -0.4 is 4.90 Å². The Kier molecular flexibility index (Phi) is 8.87. The summed E-state index contributed by atoms with van der Waals surface area (Å²) in [6.07, 6.45) is 0. The molecule has 0 radical (unpaired) electrons. The van der Waals surface area contributed by atoms with Crippen LogP contribution in [0.1, 0.15) is 0 Å². The summed E-state index contributed by atoms with van der Waals surface area (Å²) in [4.78, 5) is 2.42. The highest BCUT2D eigenvalue weighted by atomic mass is 16.3. The van der Waals surface area contributed by atoms with Crippen LogP contribution in [0, 0.1) is 0 Å². The third kappa shape index (κ3) is 6.23. The van der Waals surface area contributed by atoms with E-state index in [9.17, 15) is 0 Å². The lowest BCUT2D eigenvalue weighted by Crippen LogP contribution is -2.12. The molecule has 0 unspecified atom stereocenters. The maximum Gasteiger partial charge on any atom is 0.136 e. The number of nitrogens with zero attached hydrogens (tertiary/aromatic N) is 1. The van der Waals surface area contributed by atoms with E-state index in [-0.39, 0.29) is 0 Å². The van der Waals surface area contributed by atoms with E-state index in [0.29, 0.717) is 0 Å². The molecule has 0 N–H and O–H groups in total. The van der Waals surface area contributed by atoms with Crippen molar-refractivity contribution in [2.75, 3.05) is 4.90 Å². The van der Waals surface area contributed by atoms with Crippen molar-refractivity contribution in [2.24, 2.45) is 0 Å². The van der Waals surface area contributed by atoms with Gasteiger partial charge < -0.3 is 9.32 Å². The molecule has 11 aromatic rings. The Bertz CT molecular complexity index is 3290. The van der Waals surface area contributed by atoms with E-state index in [1.54, 1.807) is 0 Å². The summed E-state index contributed by atoms with van der Waals surface area (Å²) < 4.78 is 6.29. The minimum Gasteiger partial charge on any atom is -0.456 e. The lowest BCUT2D eigenvalue weighted by atomic mass is 9.87. The van der Waals surface area contributed by atoms with E-state index in [4.69, 9.17) is 4.42 Å². The number of para-hydroxylation sites is 1. The summed E-state index contributed by atoms with van der Waals surface area (Å²) in [7, 11) is 0. The molecule has 0 spiro atoms. The zero-order valence-corrected chi connectivity index (χ0v) is 32.9. The average Bonchev–Trinajstić information content (AvgIpc) is 3.72. The second-order valence-electron chi connectivity index (χ2n) is 15.2. The average molecular weight is 766 g/mol. The van der Waals surface area contributed by atoms with Crippen molar-refractivity contribution in [1.29, 1.82) is 0 Å². The number of hydrogen-bond acceptors (Lipinski definition) is 2. The highest BCUT2D eigenvalue weighted by molar-refractivity contribution is 6.12. The van der Waals surface area contributed by atoms with Gasteiger partial charge in [-0.2, -0.15) is 0 Å². The van der Waals surface area contributed by atoms with E-state index in [1.807, 2.05) is 12.1 Å². The van der Waals surface area contributed by atoms with Crippen LogP contribution in [0.25, 0.3) is 88.3 Å². The summed E-state index contributed by atoms with van der Waals surface area (Å²) in [5, 5.41) is 4.74. The first-order chi connectivity index (χ1) is 29.8. The molecular weight excluding hydrogens is 727 g/mol. The molecule has 11 rings (SSSR count). The highest BCUT2D eigenvalue weighted by Gasteiger charge is 2.23. The second-order valence-corrected chi connectivity index (χ2v) is 15.2. The van der Waals surface area contributed by atoms with Crippen LogP contribution in [0.2, 0.25) is 0 Å². The molecule has 0 atom stereocenters. The van der Waals surface area contributed by atoms with Crippen LogP contribution >= 0.6 is 0 Å². The summed E-state index contributed by atoms with van der Waals surface area (Å²) in [5.41, 5.74) is 16.7. The first kappa shape index (κ1) is 35.2. The normalized spacial score (nSPS) is 11.3. The predicted octanol–water partition coefficient (Wildman–Crippen LogP) is 16.5. The molecule has 1 aromatic heterocycles. The van der Waals surface area contributed by atoms with Crippen molar-refractivity contribution in [3.8, 4) is 55.6 Å². The Morgan fingerprint density at radius 1 is 0.283 bits per heavy atom. The third-order valence-corrected chi connectivity index (χ3v) is 11.7. The molecule has 2 heteroatoms. The Morgan fingerprint density at radius 3 is 1.48 bits per heavy atom. The zero-order valence-electron chi connectivity index (χ0n) is 32.9. The van der Waals surface area contributed by atoms with Crippen LogP contribution in [-0.2, 0) is 0 Å². The first-order valence-corrected chi connectivity index (χ1v) is 20.5. The molecule has 0 aliphatic rings. The third-order valence-electron chi connectivity index (χ3n) is 11.7. The predicted molar refractivity (Wildman–Crippen MR) is 253 cm³/mol. The largest absolute Gasteiger partial charge is 0.456 e. The second kappa shape index (κ2) is 15.1. The van der Waals surface area contributed by atoms with Gasteiger partial charge in [-0.25, -0.2) is 0 Å². The monoisotopic (exact) mass is 765 g/mol. The molecular formula is C58H39NO. The van der Waals surface area contributed by atoms with Crippen LogP contribution in [0.15, 0.2) is 241 Å². The van der Waals surface area contributed by atoms with Gasteiger partial charge >= 0.3 is 0 Å². The molecule has 0 amide bonds. The van der Waals surface area contributed by atoms with Crippen molar-refractivity contribution in [1.82, 2.24) is 0 Å². The summed E-state index contributed by atoms with van der Waals surface area (Å²) in [6, 6.07) is 85.0. The van der Waals surface area contributed by atoms with Crippen molar-refractivity contribution >= 4 is 49.8 Å². The molecule has 60 heavy (non-hydrogen) atoms. The Morgan fingerprint density at radius 2 is 0.750 bits per heavy atom. The fourth-order valence-corrected chi connectivity index (χ4v) is 8.94. The van der Waals surface area contributed by atoms with Crippen molar-refractivity contribution in [2.45, 2.75) is 0 Å². The van der Waals surface area contributed by atoms with Crippen molar-refractivity contribution in [3.05, 3.63) is 237 Å². The molecule has 0 bridgehead atoms. The van der Waals surface area contributed by atoms with Gasteiger partial charge in [0.15, 0.2) is 0 Å². The quantitative estimate of drug-likeness (QED) is 0.153. The van der Waals surface area contributed by atoms with E-state index in [2.05, 4.69) is 229 Å². The smallest absolute Gasteiger partial charge is 0.136 e. The van der Waals surface area contributed by atoms with Gasteiger partial charge in [0, 0.05) is 27.7 Å². The molecule has 0 aliphatic heterocycles. The van der Waals surface area contributed by atoms with Gasteiger partial charge in [0.05, 0.1) is 5.69 Å². The summed E-state index contributed by atoms with van der Waals surface area (Å²) >= 11 is 0.